The summed E-state index contributed by atoms with van der Waals surface area (Å²) in [6.07, 6.45) is -0.826. The molecular formula is C18H15NO4. The van der Waals surface area contributed by atoms with Gasteiger partial charge in [0.2, 0.25) is 0 Å². The lowest BCUT2D eigenvalue weighted by Gasteiger charge is -2.09. The van der Waals surface area contributed by atoms with Crippen molar-refractivity contribution >= 4 is 17.4 Å². The smallest absolute Gasteiger partial charge is 0.344 e. The van der Waals surface area contributed by atoms with Gasteiger partial charge in [-0.05, 0) is 19.1 Å². The monoisotopic (exact) mass is 309 g/mol. The first-order valence-electron chi connectivity index (χ1n) is 7.10. The molecule has 2 N–H and O–H groups in total. The van der Waals surface area contributed by atoms with Crippen molar-refractivity contribution in [3.05, 3.63) is 71.5 Å². The van der Waals surface area contributed by atoms with Crippen LogP contribution in [-0.4, -0.2) is 21.9 Å². The summed E-state index contributed by atoms with van der Waals surface area (Å²) in [6, 6.07) is 15.5. The molecule has 23 heavy (non-hydrogen) atoms. The van der Waals surface area contributed by atoms with Crippen LogP contribution in [0.5, 0.6) is 5.75 Å². The van der Waals surface area contributed by atoms with Crippen LogP contribution in [0, 0.1) is 0 Å². The summed E-state index contributed by atoms with van der Waals surface area (Å²) in [6.45, 7) is 1.59. The molecule has 0 aromatic heterocycles. The van der Waals surface area contributed by atoms with E-state index in [0.717, 1.165) is 0 Å². The van der Waals surface area contributed by atoms with Gasteiger partial charge in [0.1, 0.15) is 17.0 Å². The van der Waals surface area contributed by atoms with Crippen LogP contribution in [0.15, 0.2) is 70.9 Å². The molecule has 0 amide bonds. The minimum absolute atomic E-state index is 0.00193. The molecule has 116 valence electrons. The van der Waals surface area contributed by atoms with Gasteiger partial charge in [0, 0.05) is 5.56 Å². The Bertz CT molecular complexity index is 809. The van der Waals surface area contributed by atoms with E-state index in [1.807, 2.05) is 6.07 Å². The van der Waals surface area contributed by atoms with Gasteiger partial charge in [-0.15, -0.1) is 0 Å². The van der Waals surface area contributed by atoms with Crippen LogP contribution in [0.25, 0.3) is 0 Å². The maximum atomic E-state index is 12.1. The number of aliphatic hydroxyl groups excluding tert-OH is 1. The zero-order valence-corrected chi connectivity index (χ0v) is 12.4. The van der Waals surface area contributed by atoms with Crippen molar-refractivity contribution in [2.45, 2.75) is 13.0 Å². The molecule has 0 radical (unpaired) electrons. The third kappa shape index (κ3) is 2.81. The van der Waals surface area contributed by atoms with Crippen LogP contribution >= 0.6 is 0 Å². The number of phenolic OH excluding ortho intramolecular Hbond substituents is 1. The molecule has 2 aromatic carbocycles. The topological polar surface area (TPSA) is 79.1 Å². The molecule has 1 aliphatic heterocycles. The van der Waals surface area contributed by atoms with Crippen molar-refractivity contribution in [2.75, 3.05) is 0 Å². The zero-order chi connectivity index (χ0) is 16.4. The molecule has 3 rings (SSSR count). The molecule has 5 heteroatoms. The SMILES string of the molecule is CC(=Nc1ccccc1O)C1=C(O)C(c2ccccc2)OC1=O. The predicted molar refractivity (Wildman–Crippen MR) is 85.8 cm³/mol. The van der Waals surface area contributed by atoms with Crippen LogP contribution in [0.2, 0.25) is 0 Å². The fraction of sp³-hybridized carbons (Fsp3) is 0.111. The molecule has 1 aliphatic rings. The number of para-hydroxylation sites is 2. The number of aliphatic hydroxyl groups is 1. The zero-order valence-electron chi connectivity index (χ0n) is 12.4. The quantitative estimate of drug-likeness (QED) is 0.670. The van der Waals surface area contributed by atoms with E-state index >= 15 is 0 Å². The number of ether oxygens (including phenoxy) is 1. The normalized spacial score (nSPS) is 18.2. The summed E-state index contributed by atoms with van der Waals surface area (Å²) in [5.41, 5.74) is 1.32. The van der Waals surface area contributed by atoms with Gasteiger partial charge in [0.15, 0.2) is 11.9 Å². The number of hydrogen-bond acceptors (Lipinski definition) is 5. The second-order valence-electron chi connectivity index (χ2n) is 5.14. The molecule has 2 aromatic rings. The Hall–Kier alpha value is -3.08. The van der Waals surface area contributed by atoms with E-state index in [4.69, 9.17) is 4.74 Å². The molecule has 1 heterocycles. The Labute approximate surface area is 133 Å². The van der Waals surface area contributed by atoms with Crippen molar-refractivity contribution in [1.29, 1.82) is 0 Å². The fourth-order valence-electron chi connectivity index (χ4n) is 2.44. The lowest BCUT2D eigenvalue weighted by molar-refractivity contribution is -0.140. The van der Waals surface area contributed by atoms with E-state index in [2.05, 4.69) is 4.99 Å². The van der Waals surface area contributed by atoms with Gasteiger partial charge in [-0.3, -0.25) is 0 Å². The van der Waals surface area contributed by atoms with E-state index in [1.54, 1.807) is 49.4 Å². The number of esters is 1. The number of carbonyl (C=O) groups excluding carboxylic acids is 1. The highest BCUT2D eigenvalue weighted by Gasteiger charge is 2.36. The van der Waals surface area contributed by atoms with E-state index in [1.165, 1.54) is 6.07 Å². The average molecular weight is 309 g/mol. The van der Waals surface area contributed by atoms with Crippen molar-refractivity contribution < 1.29 is 19.7 Å². The maximum absolute atomic E-state index is 12.1. The second-order valence-corrected chi connectivity index (χ2v) is 5.14. The van der Waals surface area contributed by atoms with Gasteiger partial charge in [0.25, 0.3) is 0 Å². The first kappa shape index (κ1) is 14.8. The van der Waals surface area contributed by atoms with Crippen LogP contribution in [-0.2, 0) is 9.53 Å². The highest BCUT2D eigenvalue weighted by atomic mass is 16.6. The Morgan fingerprint density at radius 1 is 1.04 bits per heavy atom. The highest BCUT2D eigenvalue weighted by Crippen LogP contribution is 2.35. The largest absolute Gasteiger partial charge is 0.507 e. The summed E-state index contributed by atoms with van der Waals surface area (Å²) < 4.78 is 5.26. The predicted octanol–water partition coefficient (Wildman–Crippen LogP) is 3.59. The first-order chi connectivity index (χ1) is 11.1. The van der Waals surface area contributed by atoms with E-state index in [0.29, 0.717) is 11.3 Å². The van der Waals surface area contributed by atoms with E-state index < -0.39 is 12.1 Å². The summed E-state index contributed by atoms with van der Waals surface area (Å²) in [5, 5.41) is 20.1. The Balaban J connectivity index is 1.99. The van der Waals surface area contributed by atoms with Crippen LogP contribution in [0.4, 0.5) is 5.69 Å². The van der Waals surface area contributed by atoms with Gasteiger partial charge in [-0.25, -0.2) is 9.79 Å². The van der Waals surface area contributed by atoms with Crippen molar-refractivity contribution in [3.63, 3.8) is 0 Å². The maximum Gasteiger partial charge on any atom is 0.344 e. The third-order valence-corrected chi connectivity index (χ3v) is 3.57. The number of phenols is 1. The number of cyclic esters (lactones) is 1. The van der Waals surface area contributed by atoms with Gasteiger partial charge < -0.3 is 14.9 Å². The van der Waals surface area contributed by atoms with Crippen LogP contribution in [0.3, 0.4) is 0 Å². The van der Waals surface area contributed by atoms with E-state index in [-0.39, 0.29) is 22.8 Å². The standard InChI is InChI=1S/C18H15NO4/c1-11(19-13-9-5-6-10-14(13)20)15-16(21)17(23-18(15)22)12-7-3-2-4-8-12/h2-10,17,20-21H,1H3. The molecule has 1 atom stereocenters. The second kappa shape index (κ2) is 5.96. The van der Waals surface area contributed by atoms with Crippen LogP contribution < -0.4 is 0 Å². The van der Waals surface area contributed by atoms with Crippen molar-refractivity contribution in [1.82, 2.24) is 0 Å². The van der Waals surface area contributed by atoms with Gasteiger partial charge >= 0.3 is 5.97 Å². The third-order valence-electron chi connectivity index (χ3n) is 3.57. The molecule has 0 saturated carbocycles. The summed E-state index contributed by atoms with van der Waals surface area (Å²) in [5.74, 6) is -0.802. The van der Waals surface area contributed by atoms with Gasteiger partial charge in [-0.1, -0.05) is 42.5 Å². The Morgan fingerprint density at radius 3 is 2.39 bits per heavy atom. The number of aliphatic imine (C=N–C) groups is 1. The molecule has 0 bridgehead atoms. The number of hydrogen-bond donors (Lipinski definition) is 2. The summed E-state index contributed by atoms with van der Waals surface area (Å²) in [7, 11) is 0. The van der Waals surface area contributed by atoms with Crippen LogP contribution in [0.1, 0.15) is 18.6 Å². The first-order valence-corrected chi connectivity index (χ1v) is 7.10. The highest BCUT2D eigenvalue weighted by molar-refractivity contribution is 6.21. The van der Waals surface area contributed by atoms with Gasteiger partial charge in [-0.2, -0.15) is 0 Å². The Kier molecular flexibility index (Phi) is 3.85. The Morgan fingerprint density at radius 2 is 1.70 bits per heavy atom. The minimum Gasteiger partial charge on any atom is -0.507 e. The molecule has 0 aliphatic carbocycles. The summed E-state index contributed by atoms with van der Waals surface area (Å²) in [4.78, 5) is 16.3. The number of nitrogens with zero attached hydrogens (tertiary/aromatic N) is 1. The molecule has 5 nitrogen and oxygen atoms in total. The van der Waals surface area contributed by atoms with Crippen molar-refractivity contribution in [2.24, 2.45) is 4.99 Å². The number of carbonyl (C=O) groups is 1. The summed E-state index contributed by atoms with van der Waals surface area (Å²) >= 11 is 0. The number of aromatic hydroxyl groups is 1. The average Bonchev–Trinajstić information content (AvgIpc) is 2.85. The fourth-order valence-corrected chi connectivity index (χ4v) is 2.44. The molecule has 0 saturated heterocycles. The minimum atomic E-state index is -0.826. The lowest BCUT2D eigenvalue weighted by atomic mass is 10.0. The molecular weight excluding hydrogens is 294 g/mol. The number of rotatable bonds is 3. The molecule has 0 fully saturated rings. The number of benzene rings is 2. The lowest BCUT2D eigenvalue weighted by Crippen LogP contribution is -2.07. The van der Waals surface area contributed by atoms with E-state index in [9.17, 15) is 15.0 Å². The van der Waals surface area contributed by atoms with Crippen molar-refractivity contribution in [3.8, 4) is 5.75 Å². The van der Waals surface area contributed by atoms with Gasteiger partial charge in [0.05, 0.1) is 5.71 Å². The molecule has 0 spiro atoms. The molecule has 1 unspecified atom stereocenters.